The van der Waals surface area contributed by atoms with Gasteiger partial charge in [-0.3, -0.25) is 0 Å². The molecule has 2 fully saturated rings. The second kappa shape index (κ2) is 7.98. The van der Waals surface area contributed by atoms with Crippen molar-refractivity contribution >= 4 is 27.2 Å². The molecule has 0 bridgehead atoms. The van der Waals surface area contributed by atoms with E-state index in [-0.39, 0.29) is 0 Å². The Morgan fingerprint density at radius 3 is 2.26 bits per heavy atom. The van der Waals surface area contributed by atoms with Gasteiger partial charge in [-0.25, -0.2) is 13.4 Å². The molecule has 166 valence electrons. The number of anilines is 3. The van der Waals surface area contributed by atoms with Crippen molar-refractivity contribution in [3.05, 3.63) is 42.0 Å². The molecule has 2 aliphatic heterocycles. The molecule has 3 aliphatic rings. The number of sulfone groups is 1. The van der Waals surface area contributed by atoms with Gasteiger partial charge in [0.05, 0.1) is 4.90 Å². The van der Waals surface area contributed by atoms with Gasteiger partial charge in [-0.2, -0.15) is 0 Å². The number of hydrogen-bond donors (Lipinski definition) is 1. The summed E-state index contributed by atoms with van der Waals surface area (Å²) in [5.74, 6) is 2.26. The molecular formula is C23H31N5O2S. The van der Waals surface area contributed by atoms with E-state index in [0.29, 0.717) is 17.0 Å². The Labute approximate surface area is 185 Å². The van der Waals surface area contributed by atoms with Gasteiger partial charge in [0.25, 0.3) is 0 Å². The molecule has 3 heterocycles. The van der Waals surface area contributed by atoms with E-state index in [0.717, 1.165) is 50.6 Å². The van der Waals surface area contributed by atoms with Crippen LogP contribution in [0.15, 0.2) is 41.3 Å². The second-order valence-corrected chi connectivity index (χ2v) is 11.0. The van der Waals surface area contributed by atoms with Crippen molar-refractivity contribution < 1.29 is 8.42 Å². The summed E-state index contributed by atoms with van der Waals surface area (Å²) in [7, 11) is -1.11. The van der Waals surface area contributed by atoms with E-state index < -0.39 is 9.84 Å². The van der Waals surface area contributed by atoms with Crippen molar-refractivity contribution in [2.24, 2.45) is 0 Å². The van der Waals surface area contributed by atoms with Gasteiger partial charge >= 0.3 is 0 Å². The Kier molecular flexibility index (Phi) is 5.30. The molecule has 1 aromatic carbocycles. The number of nitrogens with one attached hydrogen (secondary N) is 1. The van der Waals surface area contributed by atoms with E-state index in [1.807, 2.05) is 12.1 Å². The van der Waals surface area contributed by atoms with Crippen LogP contribution in [0.1, 0.15) is 18.4 Å². The first-order valence-electron chi connectivity index (χ1n) is 11.2. The number of nitrogens with zero attached hydrogens (tertiary/aromatic N) is 4. The first-order chi connectivity index (χ1) is 14.9. The molecule has 0 unspecified atom stereocenters. The lowest BCUT2D eigenvalue weighted by atomic mass is 9.86. The van der Waals surface area contributed by atoms with Crippen LogP contribution in [-0.2, 0) is 16.3 Å². The van der Waals surface area contributed by atoms with Crippen LogP contribution in [-0.4, -0.2) is 71.5 Å². The molecule has 0 atom stereocenters. The van der Waals surface area contributed by atoms with Crippen LogP contribution in [0.5, 0.6) is 0 Å². The summed E-state index contributed by atoms with van der Waals surface area (Å²) in [6.45, 7) is 4.69. The fraction of sp³-hybridized carbons (Fsp3) is 0.522. The van der Waals surface area contributed by atoms with Crippen molar-refractivity contribution in [1.29, 1.82) is 0 Å². The Morgan fingerprint density at radius 2 is 1.61 bits per heavy atom. The highest BCUT2D eigenvalue weighted by Crippen LogP contribution is 2.36. The molecule has 0 radical (unpaired) electrons. The fourth-order valence-corrected chi connectivity index (χ4v) is 5.60. The van der Waals surface area contributed by atoms with E-state index in [2.05, 4.69) is 39.2 Å². The zero-order valence-corrected chi connectivity index (χ0v) is 19.1. The van der Waals surface area contributed by atoms with Gasteiger partial charge in [0, 0.05) is 56.8 Å². The maximum Gasteiger partial charge on any atom is 0.175 e. The number of rotatable bonds is 5. The Hall–Kier alpha value is -2.32. The summed E-state index contributed by atoms with van der Waals surface area (Å²) >= 11 is 0. The molecule has 5 rings (SSSR count). The maximum absolute atomic E-state index is 11.7. The third kappa shape index (κ3) is 3.99. The third-order valence-electron chi connectivity index (χ3n) is 7.03. The molecule has 7 nitrogen and oxygen atoms in total. The summed E-state index contributed by atoms with van der Waals surface area (Å²) in [6, 6.07) is 12.9. The van der Waals surface area contributed by atoms with Crippen molar-refractivity contribution in [2.45, 2.75) is 36.2 Å². The normalized spacial score (nSPS) is 23.6. The van der Waals surface area contributed by atoms with Crippen molar-refractivity contribution in [1.82, 2.24) is 10.3 Å². The van der Waals surface area contributed by atoms with Gasteiger partial charge in [0.2, 0.25) is 0 Å². The molecule has 1 aliphatic carbocycles. The van der Waals surface area contributed by atoms with Gasteiger partial charge in [0.1, 0.15) is 11.6 Å². The molecule has 1 aromatic heterocycles. The van der Waals surface area contributed by atoms with Gasteiger partial charge in [-0.1, -0.05) is 6.07 Å². The predicted molar refractivity (Wildman–Crippen MR) is 125 cm³/mol. The van der Waals surface area contributed by atoms with Crippen LogP contribution < -0.4 is 20.0 Å². The SMILES string of the molecule is CNC1CC(N2CCc3ccc(N4CCN(c5ccc(S(C)(=O)=O)cc5)CC4)nc32)C1. The molecule has 1 saturated carbocycles. The first kappa shape index (κ1) is 20.6. The molecule has 1 saturated heterocycles. The van der Waals surface area contributed by atoms with E-state index in [1.54, 1.807) is 12.1 Å². The summed E-state index contributed by atoms with van der Waals surface area (Å²) in [6.07, 6.45) is 4.76. The minimum Gasteiger partial charge on any atom is -0.368 e. The van der Waals surface area contributed by atoms with E-state index in [9.17, 15) is 8.42 Å². The summed E-state index contributed by atoms with van der Waals surface area (Å²) in [4.78, 5) is 12.7. The maximum atomic E-state index is 11.7. The monoisotopic (exact) mass is 441 g/mol. The minimum absolute atomic E-state index is 0.370. The van der Waals surface area contributed by atoms with Crippen LogP contribution in [0, 0.1) is 0 Å². The summed E-state index contributed by atoms with van der Waals surface area (Å²) in [5.41, 5.74) is 2.45. The Bertz CT molecular complexity index is 1040. The molecule has 1 N–H and O–H groups in total. The number of hydrogen-bond acceptors (Lipinski definition) is 7. The smallest absolute Gasteiger partial charge is 0.175 e. The highest BCUT2D eigenvalue weighted by atomic mass is 32.2. The molecule has 31 heavy (non-hydrogen) atoms. The molecular weight excluding hydrogens is 410 g/mol. The van der Waals surface area contributed by atoms with Crippen LogP contribution in [0.2, 0.25) is 0 Å². The van der Waals surface area contributed by atoms with Crippen molar-refractivity contribution in [3.63, 3.8) is 0 Å². The first-order valence-corrected chi connectivity index (χ1v) is 13.1. The zero-order valence-electron chi connectivity index (χ0n) is 18.3. The highest BCUT2D eigenvalue weighted by molar-refractivity contribution is 7.90. The topological polar surface area (TPSA) is 68.8 Å². The van der Waals surface area contributed by atoms with Crippen molar-refractivity contribution in [2.75, 3.05) is 60.7 Å². The van der Waals surface area contributed by atoms with E-state index in [4.69, 9.17) is 4.98 Å². The average molecular weight is 442 g/mol. The lowest BCUT2D eigenvalue weighted by Crippen LogP contribution is -2.51. The second-order valence-electron chi connectivity index (χ2n) is 8.95. The largest absolute Gasteiger partial charge is 0.368 e. The van der Waals surface area contributed by atoms with Crippen LogP contribution >= 0.6 is 0 Å². The van der Waals surface area contributed by atoms with Crippen LogP contribution in [0.4, 0.5) is 17.3 Å². The minimum atomic E-state index is -3.16. The lowest BCUT2D eigenvalue weighted by molar-refractivity contribution is 0.294. The number of piperazine rings is 1. The van der Waals surface area contributed by atoms with Gasteiger partial charge in [-0.15, -0.1) is 0 Å². The predicted octanol–water partition coefficient (Wildman–Crippen LogP) is 1.92. The van der Waals surface area contributed by atoms with Crippen LogP contribution in [0.3, 0.4) is 0 Å². The van der Waals surface area contributed by atoms with Gasteiger partial charge in [-0.05, 0) is 62.2 Å². The zero-order chi connectivity index (χ0) is 21.6. The number of pyridine rings is 1. The highest BCUT2D eigenvalue weighted by Gasteiger charge is 2.36. The molecule has 0 amide bonds. The fourth-order valence-electron chi connectivity index (χ4n) is 4.97. The Balaban J connectivity index is 1.24. The van der Waals surface area contributed by atoms with E-state index in [1.165, 1.54) is 30.5 Å². The van der Waals surface area contributed by atoms with Crippen molar-refractivity contribution in [3.8, 4) is 0 Å². The summed E-state index contributed by atoms with van der Waals surface area (Å²) < 4.78 is 23.4. The summed E-state index contributed by atoms with van der Waals surface area (Å²) in [5, 5.41) is 3.38. The lowest BCUT2D eigenvalue weighted by Gasteiger charge is -2.42. The van der Waals surface area contributed by atoms with Crippen LogP contribution in [0.25, 0.3) is 0 Å². The Morgan fingerprint density at radius 1 is 0.935 bits per heavy atom. The third-order valence-corrected chi connectivity index (χ3v) is 8.16. The number of benzene rings is 1. The number of fused-ring (bicyclic) bond motifs is 1. The molecule has 2 aromatic rings. The standard InChI is InChI=1S/C23H31N5O2S/c1-24-18-15-20(16-18)28-10-9-17-3-8-22(25-23(17)28)27-13-11-26(12-14-27)19-4-6-21(7-5-19)31(2,29)30/h3-8,18,20,24H,9-16H2,1-2H3. The van der Waals surface area contributed by atoms with Gasteiger partial charge < -0.3 is 20.0 Å². The van der Waals surface area contributed by atoms with E-state index >= 15 is 0 Å². The average Bonchev–Trinajstić information content (AvgIpc) is 3.16. The molecule has 8 heteroatoms. The van der Waals surface area contributed by atoms with Gasteiger partial charge in [0.15, 0.2) is 9.84 Å². The quantitative estimate of drug-likeness (QED) is 0.760. The molecule has 0 spiro atoms. The number of aromatic nitrogens is 1.